The van der Waals surface area contributed by atoms with Crippen LogP contribution >= 0.6 is 11.6 Å². The lowest BCUT2D eigenvalue weighted by atomic mass is 9.92. The largest absolute Gasteiger partial charge is 0.337 e. The van der Waals surface area contributed by atoms with Gasteiger partial charge in [0, 0.05) is 24.8 Å². The summed E-state index contributed by atoms with van der Waals surface area (Å²) in [6.45, 7) is 7.24. The van der Waals surface area contributed by atoms with E-state index in [2.05, 4.69) is 10.1 Å². The van der Waals surface area contributed by atoms with E-state index in [4.69, 9.17) is 17.3 Å². The summed E-state index contributed by atoms with van der Waals surface area (Å²) < 4.78 is 1.73. The molecule has 134 valence electrons. The van der Waals surface area contributed by atoms with Crippen molar-refractivity contribution in [2.45, 2.75) is 39.7 Å². The Balaban J connectivity index is 1.90. The van der Waals surface area contributed by atoms with Crippen LogP contribution in [0, 0.1) is 19.8 Å². The molecule has 2 aromatic heterocycles. The van der Waals surface area contributed by atoms with Crippen molar-refractivity contribution < 1.29 is 4.79 Å². The number of aryl methyl sites for hydroxylation is 2. The molecule has 0 radical (unpaired) electrons. The zero-order valence-corrected chi connectivity index (χ0v) is 15.6. The highest BCUT2D eigenvalue weighted by Crippen LogP contribution is 2.24. The smallest absolute Gasteiger partial charge is 0.274 e. The predicted octanol–water partition coefficient (Wildman–Crippen LogP) is 2.74. The van der Waals surface area contributed by atoms with Gasteiger partial charge in [0.1, 0.15) is 5.69 Å². The second-order valence-electron chi connectivity index (χ2n) is 6.85. The molecule has 2 N–H and O–H groups in total. The highest BCUT2D eigenvalue weighted by atomic mass is 35.5. The first kappa shape index (κ1) is 17.9. The number of piperidine rings is 1. The monoisotopic (exact) mass is 361 g/mol. The van der Waals surface area contributed by atoms with E-state index in [0.29, 0.717) is 29.8 Å². The Morgan fingerprint density at radius 1 is 1.40 bits per heavy atom. The van der Waals surface area contributed by atoms with Crippen LogP contribution in [0.5, 0.6) is 0 Å². The first-order valence-corrected chi connectivity index (χ1v) is 8.99. The van der Waals surface area contributed by atoms with Crippen molar-refractivity contribution in [3.63, 3.8) is 0 Å². The molecule has 3 heterocycles. The molecule has 0 saturated carbocycles. The predicted molar refractivity (Wildman–Crippen MR) is 98.1 cm³/mol. The Hall–Kier alpha value is -1.92. The minimum atomic E-state index is -0.140. The average molecular weight is 362 g/mol. The van der Waals surface area contributed by atoms with Crippen LogP contribution in [0.3, 0.4) is 0 Å². The van der Waals surface area contributed by atoms with E-state index in [-0.39, 0.29) is 17.6 Å². The first-order chi connectivity index (χ1) is 11.9. The SMILES string of the molecule is Cc1cc(C)n(-c2ccc(Cl)c(C(=O)N3CCC[C@H]([C@H](C)N)C3)n2)n1. The number of pyridine rings is 1. The number of rotatable bonds is 3. The second kappa shape index (κ2) is 7.14. The summed E-state index contributed by atoms with van der Waals surface area (Å²) in [7, 11) is 0. The number of nitrogens with zero attached hydrogens (tertiary/aromatic N) is 4. The van der Waals surface area contributed by atoms with Crippen molar-refractivity contribution in [2.75, 3.05) is 13.1 Å². The molecule has 0 unspecified atom stereocenters. The van der Waals surface area contributed by atoms with Crippen LogP contribution in [0.15, 0.2) is 18.2 Å². The standard InChI is InChI=1S/C18H24ClN5O/c1-11-9-12(2)24(22-11)16-7-6-15(19)17(21-16)18(25)23-8-4-5-14(10-23)13(3)20/h6-7,9,13-14H,4-5,8,10,20H2,1-3H3/t13-,14-/m0/s1. The summed E-state index contributed by atoms with van der Waals surface area (Å²) in [5.41, 5.74) is 8.16. The van der Waals surface area contributed by atoms with Crippen LogP contribution in [0.4, 0.5) is 0 Å². The molecule has 0 aromatic carbocycles. The zero-order chi connectivity index (χ0) is 18.1. The molecule has 2 aromatic rings. The fraction of sp³-hybridized carbons (Fsp3) is 0.500. The van der Waals surface area contributed by atoms with Crippen LogP contribution in [0.25, 0.3) is 5.82 Å². The topological polar surface area (TPSA) is 77.0 Å². The van der Waals surface area contributed by atoms with Crippen LogP contribution < -0.4 is 5.73 Å². The maximum Gasteiger partial charge on any atom is 0.274 e. The molecule has 0 spiro atoms. The van der Waals surface area contributed by atoms with Gasteiger partial charge in [-0.05, 0) is 57.7 Å². The van der Waals surface area contributed by atoms with Crippen molar-refractivity contribution in [1.82, 2.24) is 19.7 Å². The molecule has 1 aliphatic rings. The molecular weight excluding hydrogens is 338 g/mol. The third-order valence-corrected chi connectivity index (χ3v) is 5.05. The molecule has 0 aliphatic carbocycles. The maximum absolute atomic E-state index is 13.0. The van der Waals surface area contributed by atoms with E-state index in [1.165, 1.54) is 0 Å². The molecule has 1 fully saturated rings. The van der Waals surface area contributed by atoms with E-state index in [9.17, 15) is 4.79 Å². The molecule has 3 rings (SSSR count). The van der Waals surface area contributed by atoms with Gasteiger partial charge in [0.25, 0.3) is 5.91 Å². The Morgan fingerprint density at radius 3 is 2.80 bits per heavy atom. The fourth-order valence-electron chi connectivity index (χ4n) is 3.33. The number of aromatic nitrogens is 3. The first-order valence-electron chi connectivity index (χ1n) is 8.62. The van der Waals surface area contributed by atoms with Crippen LogP contribution in [0.1, 0.15) is 41.6 Å². The van der Waals surface area contributed by atoms with Gasteiger partial charge in [-0.15, -0.1) is 0 Å². The van der Waals surface area contributed by atoms with Crippen molar-refractivity contribution >= 4 is 17.5 Å². The minimum absolute atomic E-state index is 0.0695. The summed E-state index contributed by atoms with van der Waals surface area (Å²) in [6.07, 6.45) is 2.00. The lowest BCUT2D eigenvalue weighted by Gasteiger charge is -2.34. The van der Waals surface area contributed by atoms with Gasteiger partial charge in [-0.25, -0.2) is 9.67 Å². The third-order valence-electron chi connectivity index (χ3n) is 4.75. The summed E-state index contributed by atoms with van der Waals surface area (Å²) >= 11 is 6.28. The lowest BCUT2D eigenvalue weighted by Crippen LogP contribution is -2.45. The van der Waals surface area contributed by atoms with Gasteiger partial charge in [-0.3, -0.25) is 4.79 Å². The molecule has 6 nitrogen and oxygen atoms in total. The summed E-state index contributed by atoms with van der Waals surface area (Å²) in [5.74, 6) is 0.772. The summed E-state index contributed by atoms with van der Waals surface area (Å²) in [5, 5.41) is 4.79. The molecule has 7 heteroatoms. The van der Waals surface area contributed by atoms with Gasteiger partial charge in [0.2, 0.25) is 0 Å². The highest BCUT2D eigenvalue weighted by Gasteiger charge is 2.28. The van der Waals surface area contributed by atoms with E-state index >= 15 is 0 Å². The van der Waals surface area contributed by atoms with E-state index in [1.807, 2.05) is 31.7 Å². The number of carbonyl (C=O) groups excluding carboxylic acids is 1. The fourth-order valence-corrected chi connectivity index (χ4v) is 3.52. The van der Waals surface area contributed by atoms with E-state index in [0.717, 1.165) is 24.2 Å². The zero-order valence-electron chi connectivity index (χ0n) is 14.9. The average Bonchev–Trinajstić information content (AvgIpc) is 2.93. The van der Waals surface area contributed by atoms with Gasteiger partial charge in [-0.2, -0.15) is 5.10 Å². The maximum atomic E-state index is 13.0. The normalized spacial score (nSPS) is 19.1. The molecule has 2 atom stereocenters. The van der Waals surface area contributed by atoms with E-state index in [1.54, 1.807) is 16.8 Å². The van der Waals surface area contributed by atoms with Crippen LogP contribution in [0.2, 0.25) is 5.02 Å². The third kappa shape index (κ3) is 3.70. The Bertz CT molecular complexity index is 786. The van der Waals surface area contributed by atoms with Crippen molar-refractivity contribution in [3.05, 3.63) is 40.3 Å². The van der Waals surface area contributed by atoms with Gasteiger partial charge in [0.15, 0.2) is 5.82 Å². The quantitative estimate of drug-likeness (QED) is 0.911. The van der Waals surface area contributed by atoms with E-state index < -0.39 is 0 Å². The van der Waals surface area contributed by atoms with Crippen molar-refractivity contribution in [1.29, 1.82) is 0 Å². The molecular formula is C18H24ClN5O. The van der Waals surface area contributed by atoms with Crippen LogP contribution in [-0.4, -0.2) is 44.7 Å². The number of hydrogen-bond acceptors (Lipinski definition) is 4. The molecule has 25 heavy (non-hydrogen) atoms. The van der Waals surface area contributed by atoms with Crippen molar-refractivity contribution in [2.24, 2.45) is 11.7 Å². The van der Waals surface area contributed by atoms with Crippen molar-refractivity contribution in [3.8, 4) is 5.82 Å². The second-order valence-corrected chi connectivity index (χ2v) is 7.26. The Morgan fingerprint density at radius 2 is 2.16 bits per heavy atom. The number of hydrogen-bond donors (Lipinski definition) is 1. The molecule has 1 amide bonds. The highest BCUT2D eigenvalue weighted by molar-refractivity contribution is 6.33. The number of likely N-dealkylation sites (tertiary alicyclic amines) is 1. The van der Waals surface area contributed by atoms with Gasteiger partial charge in [-0.1, -0.05) is 11.6 Å². The van der Waals surface area contributed by atoms with Crippen LogP contribution in [-0.2, 0) is 0 Å². The van der Waals surface area contributed by atoms with Gasteiger partial charge in [0.05, 0.1) is 10.7 Å². The minimum Gasteiger partial charge on any atom is -0.337 e. The summed E-state index contributed by atoms with van der Waals surface area (Å²) in [6, 6.07) is 5.52. The molecule has 1 aliphatic heterocycles. The Labute approximate surface area is 153 Å². The molecule has 1 saturated heterocycles. The van der Waals surface area contributed by atoms with Gasteiger partial charge < -0.3 is 10.6 Å². The van der Waals surface area contributed by atoms with Gasteiger partial charge >= 0.3 is 0 Å². The lowest BCUT2D eigenvalue weighted by molar-refractivity contribution is 0.0655. The number of halogens is 1. The number of amides is 1. The number of nitrogens with two attached hydrogens (primary N) is 1. The molecule has 0 bridgehead atoms. The number of carbonyl (C=O) groups is 1. The summed E-state index contributed by atoms with van der Waals surface area (Å²) in [4.78, 5) is 19.3. The Kier molecular flexibility index (Phi) is 5.11.